The molecule has 0 radical (unpaired) electrons. The maximum atomic E-state index is 4.56. The average Bonchev–Trinajstić information content (AvgIpc) is 3.18. The number of aromatic nitrogens is 4. The number of aryl methyl sites for hydroxylation is 1. The monoisotopic (exact) mass is 360 g/mol. The molecule has 5 aromatic rings. The van der Waals surface area contributed by atoms with Crippen LogP contribution in [0.15, 0.2) is 79.5 Å². The minimum atomic E-state index is 0.867. The van der Waals surface area contributed by atoms with Crippen molar-refractivity contribution in [1.82, 2.24) is 19.5 Å². The molecule has 0 fully saturated rings. The van der Waals surface area contributed by atoms with Crippen LogP contribution < -0.4 is 0 Å². The molecule has 0 aliphatic heterocycles. The first-order valence-corrected chi connectivity index (χ1v) is 9.03. The predicted molar refractivity (Wildman–Crippen MR) is 111 cm³/mol. The highest BCUT2D eigenvalue weighted by Crippen LogP contribution is 2.26. The van der Waals surface area contributed by atoms with Crippen LogP contribution in [0.5, 0.6) is 0 Å². The molecule has 0 unspecified atom stereocenters. The van der Waals surface area contributed by atoms with Crippen LogP contribution in [0.1, 0.15) is 16.7 Å². The van der Waals surface area contributed by atoms with Crippen LogP contribution >= 0.6 is 0 Å². The molecule has 5 rings (SSSR count). The largest absolute Gasteiger partial charge is 0.298 e. The lowest BCUT2D eigenvalue weighted by Gasteiger charge is -2.08. The Hall–Kier alpha value is -3.97. The van der Waals surface area contributed by atoms with Gasteiger partial charge in [-0.3, -0.25) is 14.5 Å². The van der Waals surface area contributed by atoms with Crippen LogP contribution in [-0.4, -0.2) is 19.5 Å². The molecule has 0 amide bonds. The summed E-state index contributed by atoms with van der Waals surface area (Å²) >= 11 is 0. The molecule has 0 saturated carbocycles. The molecule has 0 atom stereocenters. The molecular weight excluding hydrogens is 344 g/mol. The lowest BCUT2D eigenvalue weighted by Crippen LogP contribution is -1.94. The van der Waals surface area contributed by atoms with Gasteiger partial charge < -0.3 is 0 Å². The van der Waals surface area contributed by atoms with Crippen LogP contribution in [0.4, 0.5) is 0 Å². The number of pyridine rings is 2. The molecule has 132 valence electrons. The normalized spacial score (nSPS) is 10.8. The predicted octanol–water partition coefficient (Wildman–Crippen LogP) is 4.68. The Morgan fingerprint density at radius 1 is 0.821 bits per heavy atom. The Bertz CT molecular complexity index is 1370. The van der Waals surface area contributed by atoms with Crippen molar-refractivity contribution < 1.29 is 0 Å². The lowest BCUT2D eigenvalue weighted by atomic mass is 10.1. The number of fused-ring (bicyclic) bond motifs is 3. The zero-order valence-electron chi connectivity index (χ0n) is 15.3. The van der Waals surface area contributed by atoms with Gasteiger partial charge in [0.25, 0.3) is 0 Å². The van der Waals surface area contributed by atoms with Gasteiger partial charge in [-0.15, -0.1) is 0 Å². The summed E-state index contributed by atoms with van der Waals surface area (Å²) in [6.07, 6.45) is 7.19. The van der Waals surface area contributed by atoms with E-state index < -0.39 is 0 Å². The number of rotatable bonds is 1. The highest BCUT2D eigenvalue weighted by Gasteiger charge is 2.10. The van der Waals surface area contributed by atoms with Crippen molar-refractivity contribution in [3.8, 4) is 17.5 Å². The van der Waals surface area contributed by atoms with E-state index in [-0.39, 0.29) is 0 Å². The fraction of sp³-hybridized carbons (Fsp3) is 0.0417. The van der Waals surface area contributed by atoms with E-state index in [1.54, 1.807) is 12.4 Å². The summed E-state index contributed by atoms with van der Waals surface area (Å²) in [5, 5.41) is 1.04. The van der Waals surface area contributed by atoms with E-state index in [2.05, 4.69) is 68.6 Å². The summed E-state index contributed by atoms with van der Waals surface area (Å²) in [5.74, 6) is 6.40. The number of benzene rings is 2. The van der Waals surface area contributed by atoms with Crippen molar-refractivity contribution in [2.75, 3.05) is 0 Å². The summed E-state index contributed by atoms with van der Waals surface area (Å²) in [5.41, 5.74) is 6.95. The second-order valence-electron chi connectivity index (χ2n) is 6.67. The zero-order chi connectivity index (χ0) is 18.9. The van der Waals surface area contributed by atoms with E-state index in [0.29, 0.717) is 0 Å². The Morgan fingerprint density at radius 3 is 2.61 bits per heavy atom. The molecule has 3 heterocycles. The Kier molecular flexibility index (Phi) is 3.85. The molecule has 28 heavy (non-hydrogen) atoms. The van der Waals surface area contributed by atoms with Gasteiger partial charge in [-0.1, -0.05) is 24.0 Å². The maximum Gasteiger partial charge on any atom is 0.108 e. The molecule has 0 spiro atoms. The van der Waals surface area contributed by atoms with E-state index in [1.165, 1.54) is 5.56 Å². The smallest absolute Gasteiger partial charge is 0.108 e. The first kappa shape index (κ1) is 16.2. The Morgan fingerprint density at radius 2 is 1.75 bits per heavy atom. The molecule has 0 bridgehead atoms. The molecule has 0 saturated heterocycles. The first-order valence-electron chi connectivity index (χ1n) is 9.03. The summed E-state index contributed by atoms with van der Waals surface area (Å²) in [6, 6.07) is 18.3. The summed E-state index contributed by atoms with van der Waals surface area (Å²) < 4.78 is 2.12. The molecule has 2 aromatic carbocycles. The third-order valence-electron chi connectivity index (χ3n) is 4.67. The second-order valence-corrected chi connectivity index (χ2v) is 6.67. The number of hydrogen-bond acceptors (Lipinski definition) is 3. The molecular formula is C24H16N4. The highest BCUT2D eigenvalue weighted by atomic mass is 15.1. The maximum absolute atomic E-state index is 4.56. The topological polar surface area (TPSA) is 43.6 Å². The number of hydrogen-bond donors (Lipinski definition) is 0. The highest BCUT2D eigenvalue weighted by molar-refractivity contribution is 6.03. The van der Waals surface area contributed by atoms with Gasteiger partial charge in [0.15, 0.2) is 0 Å². The average molecular weight is 360 g/mol. The second kappa shape index (κ2) is 6.64. The van der Waals surface area contributed by atoms with Gasteiger partial charge >= 0.3 is 0 Å². The van der Waals surface area contributed by atoms with Crippen LogP contribution in [0, 0.1) is 18.8 Å². The summed E-state index contributed by atoms with van der Waals surface area (Å²) in [6.45, 7) is 2.09. The summed E-state index contributed by atoms with van der Waals surface area (Å²) in [7, 11) is 0. The van der Waals surface area contributed by atoms with Crippen LogP contribution in [-0.2, 0) is 0 Å². The quantitative estimate of drug-likeness (QED) is 0.408. The van der Waals surface area contributed by atoms with Crippen molar-refractivity contribution in [3.63, 3.8) is 0 Å². The van der Waals surface area contributed by atoms with Gasteiger partial charge in [-0.25, -0.2) is 4.98 Å². The number of nitrogens with zero attached hydrogens (tertiary/aromatic N) is 4. The first-order chi connectivity index (χ1) is 13.8. The van der Waals surface area contributed by atoms with Crippen molar-refractivity contribution in [1.29, 1.82) is 0 Å². The Balaban J connectivity index is 1.71. The third kappa shape index (κ3) is 2.89. The van der Waals surface area contributed by atoms with E-state index in [4.69, 9.17) is 0 Å². The number of imidazole rings is 1. The Labute approximate surface area is 162 Å². The van der Waals surface area contributed by atoms with Gasteiger partial charge in [-0.2, -0.15) is 0 Å². The van der Waals surface area contributed by atoms with Crippen LogP contribution in [0.3, 0.4) is 0 Å². The molecule has 4 heteroatoms. The van der Waals surface area contributed by atoms with Crippen molar-refractivity contribution in [2.24, 2.45) is 0 Å². The van der Waals surface area contributed by atoms with E-state index in [0.717, 1.165) is 38.8 Å². The summed E-state index contributed by atoms with van der Waals surface area (Å²) in [4.78, 5) is 13.2. The van der Waals surface area contributed by atoms with Crippen molar-refractivity contribution >= 4 is 21.9 Å². The molecule has 0 aliphatic rings. The third-order valence-corrected chi connectivity index (χ3v) is 4.67. The van der Waals surface area contributed by atoms with Gasteiger partial charge in [-0.05, 0) is 55.0 Å². The zero-order valence-corrected chi connectivity index (χ0v) is 15.3. The lowest BCUT2D eigenvalue weighted by molar-refractivity contribution is 1.09. The van der Waals surface area contributed by atoms with Crippen LogP contribution in [0.2, 0.25) is 0 Å². The SMILES string of the molecule is Cc1cccc(-n2cnc3cnc4ccc(C#Cc5cccnc5)cc4c32)c1. The van der Waals surface area contributed by atoms with E-state index in [9.17, 15) is 0 Å². The van der Waals surface area contributed by atoms with E-state index >= 15 is 0 Å². The van der Waals surface area contributed by atoms with Gasteiger partial charge in [0.2, 0.25) is 0 Å². The standard InChI is InChI=1S/C24H16N4/c1-17-4-2-6-20(12-17)28-16-27-23-15-26-22-10-9-18(13-21(22)24(23)28)7-8-19-5-3-11-25-14-19/h2-6,9-16H,1H3. The molecule has 4 nitrogen and oxygen atoms in total. The minimum Gasteiger partial charge on any atom is -0.298 e. The fourth-order valence-corrected chi connectivity index (χ4v) is 3.33. The van der Waals surface area contributed by atoms with Gasteiger partial charge in [0.05, 0.1) is 17.2 Å². The van der Waals surface area contributed by atoms with Crippen molar-refractivity contribution in [3.05, 3.63) is 96.2 Å². The molecule has 0 aliphatic carbocycles. The van der Waals surface area contributed by atoms with E-state index in [1.807, 2.05) is 36.8 Å². The molecule has 3 aromatic heterocycles. The molecule has 0 N–H and O–H groups in total. The minimum absolute atomic E-state index is 0.867. The van der Waals surface area contributed by atoms with Crippen molar-refractivity contribution in [2.45, 2.75) is 6.92 Å². The van der Waals surface area contributed by atoms with Crippen LogP contribution in [0.25, 0.3) is 27.6 Å². The van der Waals surface area contributed by atoms with Gasteiger partial charge in [0.1, 0.15) is 11.8 Å². The van der Waals surface area contributed by atoms with Gasteiger partial charge in [0, 0.05) is 34.6 Å². The fourth-order valence-electron chi connectivity index (χ4n) is 3.33.